The number of carbonyl (C=O) groups is 2. The molecule has 1 aliphatic rings. The summed E-state index contributed by atoms with van der Waals surface area (Å²) in [5.74, 6) is -0.943. The van der Waals surface area contributed by atoms with E-state index < -0.39 is 5.97 Å². The molecule has 0 aromatic rings. The highest BCUT2D eigenvalue weighted by molar-refractivity contribution is 5.81. The molecule has 0 aromatic heterocycles. The van der Waals surface area contributed by atoms with Gasteiger partial charge in [-0.25, -0.2) is 4.79 Å². The molecule has 0 saturated heterocycles. The monoisotopic (exact) mass is 226 g/mol. The van der Waals surface area contributed by atoms with E-state index in [1.165, 1.54) is 0 Å². The minimum atomic E-state index is -0.951. The van der Waals surface area contributed by atoms with Gasteiger partial charge in [-0.3, -0.25) is 9.69 Å². The van der Waals surface area contributed by atoms with Crippen molar-refractivity contribution in [1.82, 2.24) is 10.2 Å². The van der Waals surface area contributed by atoms with Gasteiger partial charge < -0.3 is 10.4 Å². The summed E-state index contributed by atoms with van der Waals surface area (Å²) in [6.45, 7) is 2.54. The fourth-order valence-corrected chi connectivity index (χ4v) is 1.48. The zero-order valence-electron chi connectivity index (χ0n) is 9.69. The summed E-state index contributed by atoms with van der Waals surface area (Å²) in [5.41, 5.74) is 0.731. The third kappa shape index (κ3) is 5.50. The molecule has 5 nitrogen and oxygen atoms in total. The van der Waals surface area contributed by atoms with Crippen LogP contribution >= 0.6 is 0 Å². The summed E-state index contributed by atoms with van der Waals surface area (Å²) in [6, 6.07) is 0.372. The SMILES string of the molecule is CC(=CC(=O)O)CN(C)CC(=O)NC1CC1. The molecule has 0 heterocycles. The second kappa shape index (κ2) is 5.65. The summed E-state index contributed by atoms with van der Waals surface area (Å²) in [5, 5.41) is 11.4. The van der Waals surface area contributed by atoms with Gasteiger partial charge in [-0.1, -0.05) is 5.57 Å². The Balaban J connectivity index is 2.25. The Morgan fingerprint density at radius 3 is 2.56 bits per heavy atom. The predicted molar refractivity (Wildman–Crippen MR) is 60.1 cm³/mol. The van der Waals surface area contributed by atoms with E-state index in [2.05, 4.69) is 5.32 Å². The molecule has 0 spiro atoms. The minimum absolute atomic E-state index is 0.00752. The third-order valence-corrected chi connectivity index (χ3v) is 2.25. The van der Waals surface area contributed by atoms with Gasteiger partial charge in [0.15, 0.2) is 0 Å². The fraction of sp³-hybridized carbons (Fsp3) is 0.636. The lowest BCUT2D eigenvalue weighted by Gasteiger charge is -2.16. The lowest BCUT2D eigenvalue weighted by Crippen LogP contribution is -2.36. The van der Waals surface area contributed by atoms with E-state index >= 15 is 0 Å². The molecule has 16 heavy (non-hydrogen) atoms. The Labute approximate surface area is 95.1 Å². The van der Waals surface area contributed by atoms with E-state index in [9.17, 15) is 9.59 Å². The van der Waals surface area contributed by atoms with Crippen LogP contribution in [0.3, 0.4) is 0 Å². The molecular weight excluding hydrogens is 208 g/mol. The van der Waals surface area contributed by atoms with E-state index in [4.69, 9.17) is 5.11 Å². The van der Waals surface area contributed by atoms with Crippen molar-refractivity contribution in [3.05, 3.63) is 11.6 Å². The Morgan fingerprint density at radius 1 is 1.44 bits per heavy atom. The number of nitrogens with one attached hydrogen (secondary N) is 1. The first kappa shape index (κ1) is 12.7. The molecule has 0 atom stereocenters. The van der Waals surface area contributed by atoms with Crippen LogP contribution in [0.5, 0.6) is 0 Å². The quantitative estimate of drug-likeness (QED) is 0.636. The molecule has 1 fully saturated rings. The van der Waals surface area contributed by atoms with Crippen molar-refractivity contribution >= 4 is 11.9 Å². The average Bonchev–Trinajstić information content (AvgIpc) is 2.84. The first-order valence-corrected chi connectivity index (χ1v) is 5.35. The maximum Gasteiger partial charge on any atom is 0.328 e. The Bertz CT molecular complexity index is 308. The Hall–Kier alpha value is -1.36. The molecule has 0 aliphatic heterocycles. The standard InChI is InChI=1S/C11H18N2O3/c1-8(5-11(15)16)6-13(2)7-10(14)12-9-3-4-9/h5,9H,3-4,6-7H2,1-2H3,(H,12,14)(H,15,16). The van der Waals surface area contributed by atoms with Gasteiger partial charge in [0, 0.05) is 18.7 Å². The molecule has 2 N–H and O–H groups in total. The van der Waals surface area contributed by atoms with E-state index in [1.54, 1.807) is 18.9 Å². The number of amides is 1. The van der Waals surface area contributed by atoms with Gasteiger partial charge in [0.25, 0.3) is 0 Å². The molecule has 5 heteroatoms. The molecule has 1 rings (SSSR count). The highest BCUT2D eigenvalue weighted by Gasteiger charge is 2.23. The Morgan fingerprint density at radius 2 is 2.06 bits per heavy atom. The molecule has 90 valence electrons. The highest BCUT2D eigenvalue weighted by Crippen LogP contribution is 2.18. The van der Waals surface area contributed by atoms with Gasteiger partial charge in [-0.15, -0.1) is 0 Å². The molecule has 0 aromatic carbocycles. The van der Waals surface area contributed by atoms with Gasteiger partial charge >= 0.3 is 5.97 Å². The van der Waals surface area contributed by atoms with Crippen LogP contribution < -0.4 is 5.32 Å². The molecule has 1 aliphatic carbocycles. The number of rotatable bonds is 6. The van der Waals surface area contributed by atoms with Gasteiger partial charge in [0.2, 0.25) is 5.91 Å². The van der Waals surface area contributed by atoms with Crippen LogP contribution in [-0.2, 0) is 9.59 Å². The summed E-state index contributed by atoms with van der Waals surface area (Å²) >= 11 is 0. The van der Waals surface area contributed by atoms with Crippen molar-refractivity contribution < 1.29 is 14.7 Å². The maximum atomic E-state index is 11.4. The second-order valence-corrected chi connectivity index (χ2v) is 4.34. The van der Waals surface area contributed by atoms with Crippen molar-refractivity contribution in [2.24, 2.45) is 0 Å². The molecule has 1 amide bonds. The van der Waals surface area contributed by atoms with Crippen molar-refractivity contribution in [3.8, 4) is 0 Å². The number of aliphatic carboxylic acids is 1. The van der Waals surface area contributed by atoms with Crippen LogP contribution in [0.4, 0.5) is 0 Å². The van der Waals surface area contributed by atoms with Crippen LogP contribution in [0.25, 0.3) is 0 Å². The number of hydrogen-bond donors (Lipinski definition) is 2. The van der Waals surface area contributed by atoms with Gasteiger partial charge in [0.1, 0.15) is 0 Å². The zero-order valence-corrected chi connectivity index (χ0v) is 9.69. The normalized spacial score (nSPS) is 16.3. The summed E-state index contributed by atoms with van der Waals surface area (Å²) in [4.78, 5) is 23.6. The van der Waals surface area contributed by atoms with Crippen LogP contribution in [0.15, 0.2) is 11.6 Å². The summed E-state index contributed by atoms with van der Waals surface area (Å²) in [6.07, 6.45) is 3.32. The molecule has 0 unspecified atom stereocenters. The number of hydrogen-bond acceptors (Lipinski definition) is 3. The lowest BCUT2D eigenvalue weighted by atomic mass is 10.2. The van der Waals surface area contributed by atoms with Crippen molar-refractivity contribution in [1.29, 1.82) is 0 Å². The average molecular weight is 226 g/mol. The smallest absolute Gasteiger partial charge is 0.328 e. The van der Waals surface area contributed by atoms with E-state index in [0.29, 0.717) is 19.1 Å². The van der Waals surface area contributed by atoms with Gasteiger partial charge in [0.05, 0.1) is 6.54 Å². The predicted octanol–water partition coefficient (Wildman–Crippen LogP) is 0.228. The van der Waals surface area contributed by atoms with Crippen molar-refractivity contribution in [2.45, 2.75) is 25.8 Å². The van der Waals surface area contributed by atoms with Crippen molar-refractivity contribution in [3.63, 3.8) is 0 Å². The fourth-order valence-electron chi connectivity index (χ4n) is 1.48. The number of carboxylic acids is 1. The number of likely N-dealkylation sites (N-methyl/N-ethyl adjacent to an activating group) is 1. The van der Waals surface area contributed by atoms with Gasteiger partial charge in [-0.2, -0.15) is 0 Å². The maximum absolute atomic E-state index is 11.4. The largest absolute Gasteiger partial charge is 0.478 e. The molecule has 1 saturated carbocycles. The van der Waals surface area contributed by atoms with Crippen LogP contribution in [0, 0.1) is 0 Å². The van der Waals surface area contributed by atoms with Gasteiger partial charge in [-0.05, 0) is 26.8 Å². The summed E-state index contributed by atoms with van der Waals surface area (Å²) in [7, 11) is 1.80. The lowest BCUT2D eigenvalue weighted by molar-refractivity contribution is -0.131. The highest BCUT2D eigenvalue weighted by atomic mass is 16.4. The van der Waals surface area contributed by atoms with Crippen LogP contribution in [0.1, 0.15) is 19.8 Å². The molecule has 0 bridgehead atoms. The van der Waals surface area contributed by atoms with Crippen LogP contribution in [0.2, 0.25) is 0 Å². The number of nitrogens with zero attached hydrogens (tertiary/aromatic N) is 1. The summed E-state index contributed by atoms with van der Waals surface area (Å²) < 4.78 is 0. The van der Waals surface area contributed by atoms with Crippen LogP contribution in [-0.4, -0.2) is 48.1 Å². The third-order valence-electron chi connectivity index (χ3n) is 2.25. The topological polar surface area (TPSA) is 69.6 Å². The second-order valence-electron chi connectivity index (χ2n) is 4.34. The van der Waals surface area contributed by atoms with E-state index in [1.807, 2.05) is 0 Å². The minimum Gasteiger partial charge on any atom is -0.478 e. The van der Waals surface area contributed by atoms with Crippen molar-refractivity contribution in [2.75, 3.05) is 20.1 Å². The Kier molecular flexibility index (Phi) is 4.49. The zero-order chi connectivity index (χ0) is 12.1. The first-order chi connectivity index (χ1) is 7.47. The van der Waals surface area contributed by atoms with E-state index in [0.717, 1.165) is 24.5 Å². The molecular formula is C11H18N2O3. The van der Waals surface area contributed by atoms with E-state index in [-0.39, 0.29) is 5.91 Å². The first-order valence-electron chi connectivity index (χ1n) is 5.35. The number of carboxylic acid groups (broad SMARTS) is 1. The number of carbonyl (C=O) groups excluding carboxylic acids is 1. The molecule has 0 radical (unpaired) electrons.